The Bertz CT molecular complexity index is 304. The molecule has 1 heterocycles. The number of hydrogen-bond acceptors (Lipinski definition) is 2. The highest BCUT2D eigenvalue weighted by atomic mass is 16.4. The monoisotopic (exact) mass is 182 g/mol. The van der Waals surface area contributed by atoms with Gasteiger partial charge < -0.3 is 5.11 Å². The van der Waals surface area contributed by atoms with Crippen molar-refractivity contribution in [3.05, 3.63) is 18.0 Å². The number of nitrogens with zero attached hydrogens (tertiary/aromatic N) is 2. The first-order valence-electron chi connectivity index (χ1n) is 4.30. The van der Waals surface area contributed by atoms with Gasteiger partial charge in [0.15, 0.2) is 0 Å². The maximum absolute atomic E-state index is 10.6. The highest BCUT2D eigenvalue weighted by Crippen LogP contribution is 2.14. The van der Waals surface area contributed by atoms with Crippen LogP contribution in [0.1, 0.15) is 38.4 Å². The lowest BCUT2D eigenvalue weighted by Gasteiger charge is -2.05. The second-order valence-corrected chi connectivity index (χ2v) is 3.37. The molecule has 0 aliphatic carbocycles. The van der Waals surface area contributed by atoms with Crippen molar-refractivity contribution in [1.29, 1.82) is 0 Å². The van der Waals surface area contributed by atoms with E-state index in [-0.39, 0.29) is 6.04 Å². The number of aliphatic carboxylic acids is 1. The van der Waals surface area contributed by atoms with Gasteiger partial charge in [0.05, 0.1) is 11.6 Å². The zero-order valence-corrected chi connectivity index (χ0v) is 8.06. The third-order valence-electron chi connectivity index (χ3n) is 1.97. The van der Waals surface area contributed by atoms with E-state index in [1.165, 1.54) is 0 Å². The molecule has 0 fully saturated rings. The maximum atomic E-state index is 10.6. The van der Waals surface area contributed by atoms with E-state index in [9.17, 15) is 4.79 Å². The zero-order valence-electron chi connectivity index (χ0n) is 8.06. The SMILES string of the molecule is CC(C(=O)O)c1ccn(C(C)C)n1. The number of carboxylic acids is 1. The van der Waals surface area contributed by atoms with E-state index in [1.54, 1.807) is 23.9 Å². The van der Waals surface area contributed by atoms with Crippen molar-refractivity contribution in [2.24, 2.45) is 0 Å². The minimum atomic E-state index is -0.839. The van der Waals surface area contributed by atoms with E-state index in [0.717, 1.165) is 0 Å². The lowest BCUT2D eigenvalue weighted by Crippen LogP contribution is -2.09. The molecule has 1 rings (SSSR count). The standard InChI is InChI=1S/C9H14N2O2/c1-6(2)11-5-4-8(10-11)7(3)9(12)13/h4-7H,1-3H3,(H,12,13). The van der Waals surface area contributed by atoms with Gasteiger partial charge in [-0.2, -0.15) is 5.10 Å². The van der Waals surface area contributed by atoms with Crippen LogP contribution in [0.15, 0.2) is 12.3 Å². The predicted molar refractivity (Wildman–Crippen MR) is 48.7 cm³/mol. The molecule has 1 N–H and O–H groups in total. The highest BCUT2D eigenvalue weighted by Gasteiger charge is 2.16. The van der Waals surface area contributed by atoms with Crippen molar-refractivity contribution in [1.82, 2.24) is 9.78 Å². The van der Waals surface area contributed by atoms with E-state index in [0.29, 0.717) is 5.69 Å². The van der Waals surface area contributed by atoms with Gasteiger partial charge in [-0.25, -0.2) is 0 Å². The van der Waals surface area contributed by atoms with Crippen LogP contribution in [0.5, 0.6) is 0 Å². The molecule has 0 saturated heterocycles. The molecule has 1 unspecified atom stereocenters. The van der Waals surface area contributed by atoms with E-state index in [4.69, 9.17) is 5.11 Å². The Labute approximate surface area is 77.2 Å². The van der Waals surface area contributed by atoms with Crippen LogP contribution in [0.3, 0.4) is 0 Å². The number of carbonyl (C=O) groups is 1. The minimum Gasteiger partial charge on any atom is -0.481 e. The summed E-state index contributed by atoms with van der Waals surface area (Å²) in [7, 11) is 0. The van der Waals surface area contributed by atoms with Gasteiger partial charge in [-0.15, -0.1) is 0 Å². The first-order valence-corrected chi connectivity index (χ1v) is 4.30. The van der Waals surface area contributed by atoms with Gasteiger partial charge in [-0.1, -0.05) is 0 Å². The van der Waals surface area contributed by atoms with Gasteiger partial charge in [0, 0.05) is 12.2 Å². The van der Waals surface area contributed by atoms with E-state index in [1.807, 2.05) is 13.8 Å². The topological polar surface area (TPSA) is 55.1 Å². The van der Waals surface area contributed by atoms with Gasteiger partial charge in [-0.05, 0) is 26.8 Å². The van der Waals surface area contributed by atoms with Crippen molar-refractivity contribution in [2.45, 2.75) is 32.7 Å². The molecule has 0 amide bonds. The summed E-state index contributed by atoms with van der Waals surface area (Å²) in [6, 6.07) is 2.02. The van der Waals surface area contributed by atoms with Crippen molar-refractivity contribution < 1.29 is 9.90 Å². The van der Waals surface area contributed by atoms with Crippen LogP contribution >= 0.6 is 0 Å². The summed E-state index contributed by atoms with van der Waals surface area (Å²) in [6.07, 6.45) is 1.80. The van der Waals surface area contributed by atoms with Crippen molar-refractivity contribution >= 4 is 5.97 Å². The van der Waals surface area contributed by atoms with Gasteiger partial charge in [0.1, 0.15) is 0 Å². The fourth-order valence-electron chi connectivity index (χ4n) is 0.998. The quantitative estimate of drug-likeness (QED) is 0.773. The molecule has 0 bridgehead atoms. The molecule has 1 atom stereocenters. The predicted octanol–water partition coefficient (Wildman–Crippen LogP) is 1.65. The minimum absolute atomic E-state index is 0.273. The van der Waals surface area contributed by atoms with Crippen molar-refractivity contribution in [3.8, 4) is 0 Å². The summed E-state index contributed by atoms with van der Waals surface area (Å²) in [5.41, 5.74) is 0.612. The normalized spacial score (nSPS) is 13.2. The molecule has 4 heteroatoms. The number of aromatic nitrogens is 2. The Morgan fingerprint density at radius 3 is 2.54 bits per heavy atom. The van der Waals surface area contributed by atoms with Crippen LogP contribution in [0.4, 0.5) is 0 Å². The summed E-state index contributed by atoms with van der Waals surface area (Å²) in [5.74, 6) is -1.37. The Balaban J connectivity index is 2.85. The fourth-order valence-corrected chi connectivity index (χ4v) is 0.998. The summed E-state index contributed by atoms with van der Waals surface area (Å²) in [4.78, 5) is 10.6. The molecule has 0 spiro atoms. The first-order chi connectivity index (χ1) is 6.02. The van der Waals surface area contributed by atoms with Crippen molar-refractivity contribution in [3.63, 3.8) is 0 Å². The highest BCUT2D eigenvalue weighted by molar-refractivity contribution is 5.74. The lowest BCUT2D eigenvalue weighted by molar-refractivity contribution is -0.138. The molecule has 1 aromatic rings. The van der Waals surface area contributed by atoms with Gasteiger partial charge in [0.25, 0.3) is 0 Å². The summed E-state index contributed by atoms with van der Waals surface area (Å²) in [6.45, 7) is 5.64. The van der Waals surface area contributed by atoms with Crippen molar-refractivity contribution in [2.75, 3.05) is 0 Å². The second kappa shape index (κ2) is 3.60. The second-order valence-electron chi connectivity index (χ2n) is 3.37. The molecule has 13 heavy (non-hydrogen) atoms. The third kappa shape index (κ3) is 2.08. The fraction of sp³-hybridized carbons (Fsp3) is 0.556. The van der Waals surface area contributed by atoms with E-state index in [2.05, 4.69) is 5.10 Å². The molecule has 0 aromatic carbocycles. The Morgan fingerprint density at radius 2 is 2.15 bits per heavy atom. The number of rotatable bonds is 3. The van der Waals surface area contributed by atoms with Crippen LogP contribution < -0.4 is 0 Å². The summed E-state index contributed by atoms with van der Waals surface area (Å²) < 4.78 is 1.76. The molecule has 0 radical (unpaired) electrons. The molecule has 0 aliphatic heterocycles. The Kier molecular flexibility index (Phi) is 2.70. The lowest BCUT2D eigenvalue weighted by atomic mass is 10.1. The van der Waals surface area contributed by atoms with Gasteiger partial charge in [-0.3, -0.25) is 9.48 Å². The van der Waals surface area contributed by atoms with E-state index < -0.39 is 11.9 Å². The summed E-state index contributed by atoms with van der Waals surface area (Å²) >= 11 is 0. The molecule has 1 aromatic heterocycles. The molecule has 4 nitrogen and oxygen atoms in total. The Hall–Kier alpha value is -1.32. The van der Waals surface area contributed by atoms with E-state index >= 15 is 0 Å². The Morgan fingerprint density at radius 1 is 1.54 bits per heavy atom. The number of carboxylic acid groups (broad SMARTS) is 1. The van der Waals surface area contributed by atoms with Gasteiger partial charge in [0.2, 0.25) is 0 Å². The average molecular weight is 182 g/mol. The van der Waals surface area contributed by atoms with Crippen LogP contribution in [0.25, 0.3) is 0 Å². The molecule has 72 valence electrons. The van der Waals surface area contributed by atoms with Crippen LogP contribution in [-0.2, 0) is 4.79 Å². The zero-order chi connectivity index (χ0) is 10.0. The first kappa shape index (κ1) is 9.77. The van der Waals surface area contributed by atoms with Crippen LogP contribution in [0, 0.1) is 0 Å². The average Bonchev–Trinajstić information content (AvgIpc) is 2.50. The van der Waals surface area contributed by atoms with Gasteiger partial charge >= 0.3 is 5.97 Å². The molecular weight excluding hydrogens is 168 g/mol. The molecular formula is C9H14N2O2. The smallest absolute Gasteiger partial charge is 0.312 e. The third-order valence-corrected chi connectivity index (χ3v) is 1.97. The molecule has 0 saturated carbocycles. The largest absolute Gasteiger partial charge is 0.481 e. The maximum Gasteiger partial charge on any atom is 0.312 e. The summed E-state index contributed by atoms with van der Waals surface area (Å²) in [5, 5.41) is 12.9. The number of hydrogen-bond donors (Lipinski definition) is 1. The van der Waals surface area contributed by atoms with Crippen LogP contribution in [-0.4, -0.2) is 20.9 Å². The molecule has 0 aliphatic rings. The van der Waals surface area contributed by atoms with Crippen LogP contribution in [0.2, 0.25) is 0 Å².